The molecule has 0 aromatic heterocycles. The number of aliphatic carboxylic acids is 1. The van der Waals surface area contributed by atoms with E-state index in [1.54, 1.807) is 6.07 Å². The van der Waals surface area contributed by atoms with E-state index in [-0.39, 0.29) is 11.3 Å². The maximum absolute atomic E-state index is 12.1. The van der Waals surface area contributed by atoms with Gasteiger partial charge in [0.15, 0.2) is 6.61 Å². The van der Waals surface area contributed by atoms with Crippen LogP contribution in [0.3, 0.4) is 0 Å². The molecule has 98 valence electrons. The first-order chi connectivity index (χ1) is 8.29. The number of benzene rings is 1. The third kappa shape index (κ3) is 4.79. The first-order valence-electron chi connectivity index (χ1n) is 4.68. The monoisotopic (exact) mass is 324 g/mol. The van der Waals surface area contributed by atoms with Crippen molar-refractivity contribution in [1.29, 1.82) is 0 Å². The van der Waals surface area contributed by atoms with Crippen molar-refractivity contribution in [3.05, 3.63) is 34.3 Å². The Kier molecular flexibility index (Phi) is 4.77. The highest BCUT2D eigenvalue weighted by Gasteiger charge is 2.29. The number of hydrogen-bond donors (Lipinski definition) is 1. The molecule has 1 aromatic rings. The van der Waals surface area contributed by atoms with E-state index in [2.05, 4.69) is 20.7 Å². The lowest BCUT2D eigenvalue weighted by Crippen LogP contribution is -2.19. The van der Waals surface area contributed by atoms with Crippen LogP contribution in [0.2, 0.25) is 0 Å². The fraction of sp³-hybridized carbons (Fsp3) is 0.182. The fourth-order valence-corrected chi connectivity index (χ4v) is 1.62. The van der Waals surface area contributed by atoms with Crippen molar-refractivity contribution in [1.82, 2.24) is 0 Å². The van der Waals surface area contributed by atoms with Crippen molar-refractivity contribution in [2.75, 3.05) is 6.61 Å². The maximum atomic E-state index is 12.1. The number of para-hydroxylation sites is 1. The normalized spacial score (nSPS) is 11.8. The van der Waals surface area contributed by atoms with Gasteiger partial charge in [0.05, 0.1) is 4.47 Å². The van der Waals surface area contributed by atoms with Gasteiger partial charge in [0.1, 0.15) is 5.75 Å². The summed E-state index contributed by atoms with van der Waals surface area (Å²) in [5.74, 6) is -1.25. The highest BCUT2D eigenvalue weighted by atomic mass is 79.9. The van der Waals surface area contributed by atoms with Gasteiger partial charge in [-0.3, -0.25) is 0 Å². The number of carbonyl (C=O) groups is 1. The zero-order chi connectivity index (χ0) is 13.8. The van der Waals surface area contributed by atoms with Gasteiger partial charge in [-0.25, -0.2) is 4.79 Å². The van der Waals surface area contributed by atoms with Crippen molar-refractivity contribution in [2.45, 2.75) is 6.18 Å². The molecule has 0 spiro atoms. The van der Waals surface area contributed by atoms with Gasteiger partial charge >= 0.3 is 12.1 Å². The van der Waals surface area contributed by atoms with Gasteiger partial charge in [0, 0.05) is 11.6 Å². The zero-order valence-electron chi connectivity index (χ0n) is 8.87. The van der Waals surface area contributed by atoms with Crippen molar-refractivity contribution in [3.8, 4) is 5.75 Å². The quantitative estimate of drug-likeness (QED) is 0.862. The molecule has 0 aliphatic rings. The lowest BCUT2D eigenvalue weighted by molar-refractivity contribution is -0.153. The first-order valence-corrected chi connectivity index (χ1v) is 5.48. The average Bonchev–Trinajstić information content (AvgIpc) is 2.23. The molecule has 0 saturated carbocycles. The second kappa shape index (κ2) is 5.90. The van der Waals surface area contributed by atoms with Gasteiger partial charge in [-0.05, 0) is 28.1 Å². The van der Waals surface area contributed by atoms with Gasteiger partial charge in [0.25, 0.3) is 0 Å². The van der Waals surface area contributed by atoms with Crippen LogP contribution in [-0.4, -0.2) is 23.9 Å². The molecular formula is C11H8BrF3O3. The van der Waals surface area contributed by atoms with Gasteiger partial charge in [-0.15, -0.1) is 0 Å². The fourth-order valence-electron chi connectivity index (χ4n) is 1.12. The molecule has 1 N–H and O–H groups in total. The Bertz CT molecular complexity index is 469. The molecule has 1 rings (SSSR count). The predicted octanol–water partition coefficient (Wildman–Crippen LogP) is 3.49. The molecule has 3 nitrogen and oxygen atoms in total. The molecule has 0 radical (unpaired) electrons. The molecule has 1 aromatic carbocycles. The summed E-state index contributed by atoms with van der Waals surface area (Å²) >= 11 is 3.05. The number of rotatable bonds is 4. The molecule has 0 aliphatic heterocycles. The summed E-state index contributed by atoms with van der Waals surface area (Å²) in [4.78, 5) is 10.4. The standard InChI is InChI=1S/C11H8BrF3O3/c12-8-3-1-2-7(4-5-9(16)17)10(8)18-6-11(13,14)15/h1-5H,6H2,(H,16,17). The van der Waals surface area contributed by atoms with E-state index in [1.165, 1.54) is 18.2 Å². The number of carboxylic acid groups (broad SMARTS) is 1. The summed E-state index contributed by atoms with van der Waals surface area (Å²) in [5.41, 5.74) is 0.246. The Morgan fingerprint density at radius 1 is 1.44 bits per heavy atom. The van der Waals surface area contributed by atoms with Crippen LogP contribution >= 0.6 is 15.9 Å². The second-order valence-electron chi connectivity index (χ2n) is 3.23. The lowest BCUT2D eigenvalue weighted by Gasteiger charge is -2.12. The predicted molar refractivity (Wildman–Crippen MR) is 62.4 cm³/mol. The molecular weight excluding hydrogens is 317 g/mol. The lowest BCUT2D eigenvalue weighted by atomic mass is 10.2. The third-order valence-electron chi connectivity index (χ3n) is 1.78. The van der Waals surface area contributed by atoms with Gasteiger partial charge in [0.2, 0.25) is 0 Å². The Morgan fingerprint density at radius 2 is 2.11 bits per heavy atom. The van der Waals surface area contributed by atoms with Crippen molar-refractivity contribution < 1.29 is 27.8 Å². The van der Waals surface area contributed by atoms with E-state index in [4.69, 9.17) is 5.11 Å². The van der Waals surface area contributed by atoms with Crippen LogP contribution in [0.15, 0.2) is 28.7 Å². The van der Waals surface area contributed by atoms with Gasteiger partial charge < -0.3 is 9.84 Å². The van der Waals surface area contributed by atoms with Crippen molar-refractivity contribution in [2.24, 2.45) is 0 Å². The molecule has 0 heterocycles. The number of hydrogen-bond acceptors (Lipinski definition) is 2. The summed E-state index contributed by atoms with van der Waals surface area (Å²) in [7, 11) is 0. The summed E-state index contributed by atoms with van der Waals surface area (Å²) in [5, 5.41) is 8.47. The van der Waals surface area contributed by atoms with Crippen LogP contribution in [0.1, 0.15) is 5.56 Å². The summed E-state index contributed by atoms with van der Waals surface area (Å²) in [6.07, 6.45) is -2.47. The molecule has 0 bridgehead atoms. The highest BCUT2D eigenvalue weighted by Crippen LogP contribution is 2.31. The van der Waals surface area contributed by atoms with Crippen LogP contribution in [0.5, 0.6) is 5.75 Å². The Labute approximate surface area is 109 Å². The topological polar surface area (TPSA) is 46.5 Å². The van der Waals surface area contributed by atoms with Crippen LogP contribution in [-0.2, 0) is 4.79 Å². The minimum Gasteiger partial charge on any atom is -0.482 e. The molecule has 0 amide bonds. The molecule has 7 heteroatoms. The summed E-state index contributed by atoms with van der Waals surface area (Å²) in [6.45, 7) is -1.44. The molecule has 0 saturated heterocycles. The molecule has 0 unspecified atom stereocenters. The van der Waals surface area contributed by atoms with Crippen LogP contribution < -0.4 is 4.74 Å². The number of alkyl halides is 3. The average molecular weight is 325 g/mol. The van der Waals surface area contributed by atoms with Crippen molar-refractivity contribution >= 4 is 28.0 Å². The van der Waals surface area contributed by atoms with Gasteiger partial charge in [-0.1, -0.05) is 12.1 Å². The summed E-state index contributed by atoms with van der Waals surface area (Å²) < 4.78 is 41.2. The van der Waals surface area contributed by atoms with E-state index >= 15 is 0 Å². The molecule has 0 atom stereocenters. The van der Waals surface area contributed by atoms with Crippen LogP contribution in [0.25, 0.3) is 6.08 Å². The zero-order valence-corrected chi connectivity index (χ0v) is 10.5. The Hall–Kier alpha value is -1.50. The minimum atomic E-state index is -4.46. The Morgan fingerprint density at radius 3 is 2.67 bits per heavy atom. The van der Waals surface area contributed by atoms with Crippen LogP contribution in [0, 0.1) is 0 Å². The SMILES string of the molecule is O=C(O)C=Cc1cccc(Br)c1OCC(F)(F)F. The molecule has 18 heavy (non-hydrogen) atoms. The maximum Gasteiger partial charge on any atom is 0.422 e. The summed E-state index contributed by atoms with van der Waals surface area (Å²) in [6, 6.07) is 4.52. The number of halogens is 4. The van der Waals surface area contributed by atoms with Gasteiger partial charge in [-0.2, -0.15) is 13.2 Å². The molecule has 0 fully saturated rings. The van der Waals surface area contributed by atoms with E-state index in [0.29, 0.717) is 4.47 Å². The van der Waals surface area contributed by atoms with Crippen LogP contribution in [0.4, 0.5) is 13.2 Å². The first kappa shape index (κ1) is 14.6. The van der Waals surface area contributed by atoms with E-state index in [9.17, 15) is 18.0 Å². The number of carboxylic acids is 1. The largest absolute Gasteiger partial charge is 0.482 e. The number of ether oxygens (including phenoxy) is 1. The smallest absolute Gasteiger partial charge is 0.422 e. The highest BCUT2D eigenvalue weighted by molar-refractivity contribution is 9.10. The van der Waals surface area contributed by atoms with E-state index in [1.807, 2.05) is 0 Å². The van der Waals surface area contributed by atoms with Crippen molar-refractivity contribution in [3.63, 3.8) is 0 Å². The minimum absolute atomic E-state index is 0.0488. The van der Waals surface area contributed by atoms with E-state index < -0.39 is 18.8 Å². The third-order valence-corrected chi connectivity index (χ3v) is 2.41. The Balaban J connectivity index is 2.97. The second-order valence-corrected chi connectivity index (χ2v) is 4.09. The molecule has 0 aliphatic carbocycles. The van der Waals surface area contributed by atoms with E-state index in [0.717, 1.165) is 6.08 Å².